The number of nitrogens with zero attached hydrogens (tertiary/aromatic N) is 3. The number of imide groups is 1. The first-order chi connectivity index (χ1) is 35.2. The number of carbonyl (C=O) groups is 3. The SMILES string of the molecule is CC[N+](CCCS(=O)(=O)O)=c1ccc2c(/C=C/C=C3/N(CCOCCOCCOCCOCCOCCOCCC(=O)ON4C(=O)CCC4=O)c4ccc(S(=O)(=O)O)cc4C3(C)CCCS(=O)(=O)O)ccoc-2c1. The van der Waals surface area contributed by atoms with E-state index in [1.807, 2.05) is 59.8 Å². The Kier molecular flexibility index (Phi) is 23.3. The number of hydroxylamine groups is 2. The van der Waals surface area contributed by atoms with Crippen molar-refractivity contribution in [3.05, 3.63) is 83.1 Å². The van der Waals surface area contributed by atoms with Crippen molar-refractivity contribution in [2.24, 2.45) is 0 Å². The maximum Gasteiger partial charge on any atom is 0.335 e. The van der Waals surface area contributed by atoms with Crippen molar-refractivity contribution in [3.63, 3.8) is 0 Å². The second-order valence-electron chi connectivity index (χ2n) is 17.2. The molecule has 3 heterocycles. The van der Waals surface area contributed by atoms with E-state index in [9.17, 15) is 53.3 Å². The quantitative estimate of drug-likeness (QED) is 0.0335. The summed E-state index contributed by atoms with van der Waals surface area (Å²) in [5, 5.41) is 1.29. The Labute approximate surface area is 431 Å². The van der Waals surface area contributed by atoms with E-state index in [1.54, 1.807) is 12.1 Å². The minimum Gasteiger partial charge on any atom is -0.464 e. The van der Waals surface area contributed by atoms with Gasteiger partial charge in [-0.3, -0.25) is 23.2 Å². The number of benzene rings is 2. The van der Waals surface area contributed by atoms with Crippen LogP contribution in [-0.2, 0) is 83.4 Å². The predicted octanol–water partition coefficient (Wildman–Crippen LogP) is 3.14. The van der Waals surface area contributed by atoms with Crippen molar-refractivity contribution in [1.29, 1.82) is 0 Å². The average Bonchev–Trinajstić information content (AvgIpc) is 3.77. The van der Waals surface area contributed by atoms with E-state index in [2.05, 4.69) is 0 Å². The number of carbonyl (C=O) groups excluding carboxylic acids is 3. The molecule has 1 unspecified atom stereocenters. The van der Waals surface area contributed by atoms with Crippen molar-refractivity contribution in [3.8, 4) is 11.3 Å². The topological polar surface area (TPSA) is 302 Å². The highest BCUT2D eigenvalue weighted by Gasteiger charge is 2.44. The lowest BCUT2D eigenvalue weighted by Gasteiger charge is -2.30. The van der Waals surface area contributed by atoms with Crippen molar-refractivity contribution in [2.45, 2.75) is 62.7 Å². The van der Waals surface area contributed by atoms with Crippen LogP contribution < -0.4 is 14.8 Å². The number of amides is 2. The van der Waals surface area contributed by atoms with E-state index in [4.69, 9.17) is 37.7 Å². The van der Waals surface area contributed by atoms with Gasteiger partial charge in [0.25, 0.3) is 42.2 Å². The molecular weight excluding hydrogens is 1030 g/mol. The number of hydrogen-bond acceptors (Lipinski definition) is 18. The molecule has 23 nitrogen and oxygen atoms in total. The zero-order chi connectivity index (χ0) is 53.8. The molecule has 0 radical (unpaired) electrons. The summed E-state index contributed by atoms with van der Waals surface area (Å²) >= 11 is 0. The number of rotatable bonds is 34. The second kappa shape index (κ2) is 28.8. The van der Waals surface area contributed by atoms with Gasteiger partial charge in [-0.15, -0.1) is 5.06 Å². The van der Waals surface area contributed by atoms with Gasteiger partial charge in [-0.1, -0.05) is 12.2 Å². The summed E-state index contributed by atoms with van der Waals surface area (Å²) < 4.78 is 141. The fourth-order valence-electron chi connectivity index (χ4n) is 8.23. The van der Waals surface area contributed by atoms with Crippen molar-refractivity contribution < 1.29 is 91.0 Å². The highest BCUT2D eigenvalue weighted by atomic mass is 32.2. The molecule has 1 fully saturated rings. The zero-order valence-electron chi connectivity index (χ0n) is 41.5. The van der Waals surface area contributed by atoms with Gasteiger partial charge in [-0.25, -0.2) is 9.37 Å². The summed E-state index contributed by atoms with van der Waals surface area (Å²) in [4.78, 5) is 41.2. The van der Waals surface area contributed by atoms with Crippen molar-refractivity contribution in [1.82, 2.24) is 9.64 Å². The monoisotopic (exact) mass is 1100 g/mol. The molecule has 0 bridgehead atoms. The molecule has 1 atom stereocenters. The lowest BCUT2D eigenvalue weighted by atomic mass is 9.77. The van der Waals surface area contributed by atoms with Crippen LogP contribution in [0.1, 0.15) is 63.5 Å². The molecule has 3 aliphatic heterocycles. The van der Waals surface area contributed by atoms with Gasteiger partial charge in [-0.2, -0.15) is 25.3 Å². The molecule has 74 heavy (non-hydrogen) atoms. The average molecular weight is 1100 g/mol. The van der Waals surface area contributed by atoms with E-state index in [1.165, 1.54) is 18.4 Å². The largest absolute Gasteiger partial charge is 0.464 e. The van der Waals surface area contributed by atoms with Gasteiger partial charge in [0.1, 0.15) is 18.8 Å². The summed E-state index contributed by atoms with van der Waals surface area (Å²) in [5.41, 5.74) is 2.37. The maximum absolute atomic E-state index is 12.3. The van der Waals surface area contributed by atoms with Crippen LogP contribution in [0.15, 0.2) is 75.9 Å². The Bertz CT molecular complexity index is 2800. The Hall–Kier alpha value is -4.97. The van der Waals surface area contributed by atoms with E-state index >= 15 is 0 Å². The summed E-state index contributed by atoms with van der Waals surface area (Å²) in [7, 11) is -13.0. The van der Waals surface area contributed by atoms with Crippen LogP contribution in [0.5, 0.6) is 0 Å². The summed E-state index contributed by atoms with van der Waals surface area (Å²) in [6.07, 6.45) is 7.41. The molecule has 1 aromatic carbocycles. The zero-order valence-corrected chi connectivity index (χ0v) is 43.9. The molecule has 0 aromatic heterocycles. The van der Waals surface area contributed by atoms with Gasteiger partial charge < -0.3 is 42.6 Å². The maximum atomic E-state index is 12.3. The summed E-state index contributed by atoms with van der Waals surface area (Å²) in [5.74, 6) is -2.16. The molecule has 1 saturated heterocycles. The van der Waals surface area contributed by atoms with Crippen LogP contribution in [0.3, 0.4) is 0 Å². The molecule has 3 N–H and O–H groups in total. The van der Waals surface area contributed by atoms with Crippen LogP contribution >= 0.6 is 0 Å². The second-order valence-corrected chi connectivity index (χ2v) is 21.7. The molecule has 5 rings (SSSR count). The van der Waals surface area contributed by atoms with Gasteiger partial charge in [0.15, 0.2) is 0 Å². The molecule has 4 aliphatic rings. The molecule has 1 aliphatic carbocycles. The molecular formula is C48H66N3O20S3+. The number of ether oxygens (including phenoxy) is 6. The van der Waals surface area contributed by atoms with E-state index in [-0.39, 0.29) is 95.4 Å². The first-order valence-corrected chi connectivity index (χ1v) is 28.7. The third kappa shape index (κ3) is 19.0. The van der Waals surface area contributed by atoms with Crippen molar-refractivity contribution in [2.75, 3.05) is 115 Å². The van der Waals surface area contributed by atoms with E-state index in [0.717, 1.165) is 16.5 Å². The fraction of sp³-hybridized carbons (Fsp3) is 0.542. The highest BCUT2D eigenvalue weighted by Crippen LogP contribution is 2.51. The van der Waals surface area contributed by atoms with E-state index in [0.29, 0.717) is 80.5 Å². The van der Waals surface area contributed by atoms with Crippen LogP contribution in [0.4, 0.5) is 5.69 Å². The molecule has 410 valence electrons. The third-order valence-electron chi connectivity index (χ3n) is 11.9. The van der Waals surface area contributed by atoms with Crippen molar-refractivity contribution >= 4 is 59.9 Å². The van der Waals surface area contributed by atoms with Gasteiger partial charge >= 0.3 is 5.97 Å². The molecule has 0 spiro atoms. The number of anilines is 1. The van der Waals surface area contributed by atoms with Gasteiger partial charge in [0, 0.05) is 54.2 Å². The minimum atomic E-state index is -4.62. The smallest absolute Gasteiger partial charge is 0.335 e. The van der Waals surface area contributed by atoms with Gasteiger partial charge in [0.2, 0.25) is 5.36 Å². The Morgan fingerprint density at radius 3 is 1.88 bits per heavy atom. The molecule has 26 heteroatoms. The van der Waals surface area contributed by atoms with Gasteiger partial charge in [-0.05, 0) is 74.2 Å². The number of hydrogen-bond donors (Lipinski definition) is 3. The van der Waals surface area contributed by atoms with Crippen LogP contribution in [0.2, 0.25) is 0 Å². The molecule has 0 saturated carbocycles. The fourth-order valence-corrected chi connectivity index (χ4v) is 9.74. The van der Waals surface area contributed by atoms with E-state index < -0.39 is 59.3 Å². The first kappa shape index (κ1) is 59.9. The lowest BCUT2D eigenvalue weighted by Crippen LogP contribution is -2.32. The predicted molar refractivity (Wildman–Crippen MR) is 267 cm³/mol. The summed E-state index contributed by atoms with van der Waals surface area (Å²) in [6.45, 7) is 8.21. The summed E-state index contributed by atoms with van der Waals surface area (Å²) in [6, 6.07) is 11.7. The molecule has 1 aromatic rings. The molecule has 2 amide bonds. The Balaban J connectivity index is 1.10. The third-order valence-corrected chi connectivity index (χ3v) is 14.3. The normalized spacial score (nSPS) is 17.3. The van der Waals surface area contributed by atoms with Crippen LogP contribution in [0.25, 0.3) is 17.4 Å². The van der Waals surface area contributed by atoms with Crippen LogP contribution in [0, 0.1) is 0 Å². The highest BCUT2D eigenvalue weighted by molar-refractivity contribution is 7.86. The van der Waals surface area contributed by atoms with Gasteiger partial charge in [0.05, 0.1) is 114 Å². The Morgan fingerprint density at radius 1 is 0.743 bits per heavy atom. The number of fused-ring (bicyclic) bond motifs is 2. The van der Waals surface area contributed by atoms with Crippen LogP contribution in [-0.4, -0.2) is 172 Å². The number of allylic oxidation sites excluding steroid dienone is 3. The standard InChI is InChI=1S/C48H65N3O20S3/c1-3-49(18-6-34-73(58,59)60)38-9-11-40-37(15-21-70-43(40)35-38)7-4-8-44-48(2,17-5-33-72(55,56)57)41-36-39(74(61,62)63)10-12-42(41)50(44)19-22-65-24-26-67-28-30-69-32-31-68-29-27-66-25-23-64-20-16-47(54)71-51-45(52)13-14-46(51)53/h4,7-12,15,21,35-36H,3,5-6,13-14,16-20,22-34H2,1-2H3,(H2-,55,56,57,58,59,60,61,62,63)/p+1. The minimum absolute atomic E-state index is 0.0234. The lowest BCUT2D eigenvalue weighted by molar-refractivity contribution is -0.198. The Morgan fingerprint density at radius 2 is 1.31 bits per heavy atom. The first-order valence-electron chi connectivity index (χ1n) is 24.0.